The van der Waals surface area contributed by atoms with Crippen LogP contribution in [0.4, 0.5) is 5.82 Å². The Morgan fingerprint density at radius 2 is 2.04 bits per heavy atom. The first-order valence-electron chi connectivity index (χ1n) is 8.84. The fourth-order valence-electron chi connectivity index (χ4n) is 3.66. The second-order valence-electron chi connectivity index (χ2n) is 6.71. The van der Waals surface area contributed by atoms with Gasteiger partial charge >= 0.3 is 5.97 Å². The summed E-state index contributed by atoms with van der Waals surface area (Å²) in [5.74, 6) is 2.65. The van der Waals surface area contributed by atoms with Gasteiger partial charge in [-0.3, -0.25) is 0 Å². The van der Waals surface area contributed by atoms with E-state index in [1.807, 2.05) is 0 Å². The van der Waals surface area contributed by atoms with E-state index >= 15 is 0 Å². The number of esters is 1. The highest BCUT2D eigenvalue weighted by atomic mass is 16.5. The fourth-order valence-corrected chi connectivity index (χ4v) is 3.66. The normalized spacial score (nSPS) is 20.7. The summed E-state index contributed by atoms with van der Waals surface area (Å²) < 4.78 is 12.4. The summed E-state index contributed by atoms with van der Waals surface area (Å²) in [6.45, 7) is 5.14. The number of nitrogens with zero attached hydrogens (tertiary/aromatic N) is 6. The van der Waals surface area contributed by atoms with Gasteiger partial charge in [-0.15, -0.1) is 10.2 Å². The molecule has 0 bridgehead atoms. The molecular weight excluding hydrogens is 336 g/mol. The van der Waals surface area contributed by atoms with Crippen LogP contribution in [0, 0.1) is 0 Å². The molecular formula is C17H22N6O3. The summed E-state index contributed by atoms with van der Waals surface area (Å²) in [6, 6.07) is 0.230. The lowest BCUT2D eigenvalue weighted by atomic mass is 9.99. The largest absolute Gasteiger partial charge is 0.464 e. The number of anilines is 1. The highest BCUT2D eigenvalue weighted by Crippen LogP contribution is 2.31. The van der Waals surface area contributed by atoms with Crippen LogP contribution in [-0.2, 0) is 16.0 Å². The van der Waals surface area contributed by atoms with Gasteiger partial charge in [0.2, 0.25) is 0 Å². The van der Waals surface area contributed by atoms with E-state index in [0.717, 1.165) is 44.2 Å². The summed E-state index contributed by atoms with van der Waals surface area (Å²) in [5, 5.41) is 8.91. The molecule has 0 radical (unpaired) electrons. The predicted molar refractivity (Wildman–Crippen MR) is 91.9 cm³/mol. The van der Waals surface area contributed by atoms with Gasteiger partial charge in [0.15, 0.2) is 11.5 Å². The number of hydrogen-bond donors (Lipinski definition) is 0. The molecule has 2 aliphatic heterocycles. The van der Waals surface area contributed by atoms with Crippen LogP contribution >= 0.6 is 0 Å². The van der Waals surface area contributed by atoms with Crippen molar-refractivity contribution in [1.82, 2.24) is 24.7 Å². The molecule has 4 heterocycles. The van der Waals surface area contributed by atoms with Crippen LogP contribution in [0.2, 0.25) is 0 Å². The Balaban J connectivity index is 1.55. The minimum atomic E-state index is -0.489. The highest BCUT2D eigenvalue weighted by Gasteiger charge is 2.31. The number of fused-ring (bicyclic) bond motifs is 1. The van der Waals surface area contributed by atoms with Gasteiger partial charge in [0.25, 0.3) is 0 Å². The number of carbonyl (C=O) groups is 1. The summed E-state index contributed by atoms with van der Waals surface area (Å²) in [5.41, 5.74) is 0.200. The zero-order chi connectivity index (χ0) is 18.1. The lowest BCUT2D eigenvalue weighted by molar-refractivity contribution is 0.0593. The van der Waals surface area contributed by atoms with Crippen molar-refractivity contribution in [3.63, 3.8) is 0 Å². The average molecular weight is 358 g/mol. The van der Waals surface area contributed by atoms with Crippen molar-refractivity contribution < 1.29 is 14.3 Å². The van der Waals surface area contributed by atoms with E-state index in [9.17, 15) is 4.79 Å². The maximum atomic E-state index is 11.5. The van der Waals surface area contributed by atoms with Gasteiger partial charge in [0.1, 0.15) is 11.6 Å². The Morgan fingerprint density at radius 1 is 1.23 bits per heavy atom. The number of ether oxygens (including phenoxy) is 2. The van der Waals surface area contributed by atoms with Crippen molar-refractivity contribution in [2.45, 2.75) is 38.3 Å². The summed E-state index contributed by atoms with van der Waals surface area (Å²) >= 11 is 0. The average Bonchev–Trinajstić information content (AvgIpc) is 3.13. The molecule has 138 valence electrons. The second-order valence-corrected chi connectivity index (χ2v) is 6.71. The molecule has 2 aromatic rings. The van der Waals surface area contributed by atoms with Crippen LogP contribution < -0.4 is 4.90 Å². The first-order valence-corrected chi connectivity index (χ1v) is 8.84. The van der Waals surface area contributed by atoms with Crippen LogP contribution in [0.15, 0.2) is 12.4 Å². The molecule has 0 spiro atoms. The van der Waals surface area contributed by atoms with Crippen molar-refractivity contribution in [2.75, 3.05) is 31.8 Å². The highest BCUT2D eigenvalue weighted by molar-refractivity contribution is 5.86. The van der Waals surface area contributed by atoms with Gasteiger partial charge < -0.3 is 18.9 Å². The summed E-state index contributed by atoms with van der Waals surface area (Å²) in [7, 11) is 1.33. The molecule has 0 saturated carbocycles. The smallest absolute Gasteiger partial charge is 0.358 e. The van der Waals surface area contributed by atoms with Crippen molar-refractivity contribution in [3.8, 4) is 0 Å². The van der Waals surface area contributed by atoms with E-state index < -0.39 is 5.97 Å². The molecule has 2 aliphatic rings. The maximum absolute atomic E-state index is 11.5. The fraction of sp³-hybridized carbons (Fsp3) is 0.588. The minimum Gasteiger partial charge on any atom is -0.464 e. The summed E-state index contributed by atoms with van der Waals surface area (Å²) in [6.07, 6.45) is 5.03. The van der Waals surface area contributed by atoms with E-state index in [0.29, 0.717) is 18.3 Å². The van der Waals surface area contributed by atoms with Crippen LogP contribution in [0.1, 0.15) is 53.9 Å². The minimum absolute atomic E-state index is 0.200. The molecule has 26 heavy (non-hydrogen) atoms. The summed E-state index contributed by atoms with van der Waals surface area (Å²) in [4.78, 5) is 22.1. The quantitative estimate of drug-likeness (QED) is 0.759. The molecule has 0 aromatic carbocycles. The van der Waals surface area contributed by atoms with E-state index in [-0.39, 0.29) is 11.7 Å². The third-order valence-corrected chi connectivity index (χ3v) is 4.99. The molecule has 0 aliphatic carbocycles. The van der Waals surface area contributed by atoms with E-state index in [1.54, 1.807) is 6.20 Å². The van der Waals surface area contributed by atoms with Crippen molar-refractivity contribution in [3.05, 3.63) is 29.7 Å². The Hall–Kier alpha value is -2.55. The van der Waals surface area contributed by atoms with Gasteiger partial charge in [-0.05, 0) is 19.8 Å². The van der Waals surface area contributed by atoms with Crippen LogP contribution in [0.5, 0.6) is 0 Å². The first kappa shape index (κ1) is 16.9. The molecule has 1 atom stereocenters. The molecule has 9 nitrogen and oxygen atoms in total. The Morgan fingerprint density at radius 3 is 2.73 bits per heavy atom. The number of carbonyl (C=O) groups excluding carboxylic acids is 1. The van der Waals surface area contributed by atoms with Crippen LogP contribution in [0.25, 0.3) is 0 Å². The van der Waals surface area contributed by atoms with Crippen molar-refractivity contribution in [1.29, 1.82) is 0 Å². The molecule has 0 N–H and O–H groups in total. The van der Waals surface area contributed by atoms with Gasteiger partial charge in [0.05, 0.1) is 32.1 Å². The van der Waals surface area contributed by atoms with Crippen LogP contribution in [0.3, 0.4) is 0 Å². The van der Waals surface area contributed by atoms with Gasteiger partial charge in [-0.2, -0.15) is 0 Å². The SMILES string of the molecule is COC(=O)c1cnc(N2Cc3nnc(C4CCOCC4)n3[C@@H](C)C2)cn1. The first-order chi connectivity index (χ1) is 12.7. The number of hydrogen-bond acceptors (Lipinski definition) is 8. The van der Waals surface area contributed by atoms with Crippen molar-refractivity contribution in [2.24, 2.45) is 0 Å². The van der Waals surface area contributed by atoms with Crippen LogP contribution in [-0.4, -0.2) is 57.6 Å². The Kier molecular flexibility index (Phi) is 4.54. The third-order valence-electron chi connectivity index (χ3n) is 4.99. The number of rotatable bonds is 3. The lowest BCUT2D eigenvalue weighted by Crippen LogP contribution is -2.38. The lowest BCUT2D eigenvalue weighted by Gasteiger charge is -2.34. The van der Waals surface area contributed by atoms with Gasteiger partial charge in [0, 0.05) is 25.7 Å². The van der Waals surface area contributed by atoms with Gasteiger partial charge in [-0.1, -0.05) is 0 Å². The standard InChI is InChI=1S/C17H22N6O3/c1-11-9-22(14-8-18-13(7-19-14)17(24)25-2)10-15-20-21-16(23(11)15)12-3-5-26-6-4-12/h7-8,11-12H,3-6,9-10H2,1-2H3/t11-/m0/s1. The molecule has 0 unspecified atom stereocenters. The Labute approximate surface area is 151 Å². The van der Waals surface area contributed by atoms with E-state index in [4.69, 9.17) is 4.74 Å². The zero-order valence-corrected chi connectivity index (χ0v) is 15.0. The van der Waals surface area contributed by atoms with E-state index in [1.165, 1.54) is 13.3 Å². The molecule has 1 saturated heterocycles. The molecule has 1 fully saturated rings. The topological polar surface area (TPSA) is 95.3 Å². The second kappa shape index (κ2) is 6.99. The number of aromatic nitrogens is 5. The third kappa shape index (κ3) is 3.03. The molecule has 4 rings (SSSR count). The van der Waals surface area contributed by atoms with Gasteiger partial charge in [-0.25, -0.2) is 14.8 Å². The number of methoxy groups -OCH3 is 1. The molecule has 0 amide bonds. The van der Waals surface area contributed by atoms with Crippen molar-refractivity contribution >= 4 is 11.8 Å². The molecule has 9 heteroatoms. The predicted octanol–water partition coefficient (Wildman–Crippen LogP) is 1.33. The van der Waals surface area contributed by atoms with E-state index in [2.05, 4.69) is 41.3 Å². The Bertz CT molecular complexity index is 784. The monoisotopic (exact) mass is 358 g/mol. The zero-order valence-electron chi connectivity index (χ0n) is 15.0. The molecule has 2 aromatic heterocycles. The maximum Gasteiger partial charge on any atom is 0.358 e.